The number of anilines is 1. The topological polar surface area (TPSA) is 77.1 Å². The highest BCUT2D eigenvalue weighted by atomic mass is 32.1. The van der Waals surface area contributed by atoms with Crippen molar-refractivity contribution in [3.63, 3.8) is 0 Å². The van der Waals surface area contributed by atoms with Crippen LogP contribution in [-0.4, -0.2) is 50.7 Å². The number of nitrogens with one attached hydrogen (secondary N) is 1. The lowest BCUT2D eigenvalue weighted by Gasteiger charge is -2.26. The number of esters is 1. The molecule has 1 aliphatic rings. The van der Waals surface area contributed by atoms with Gasteiger partial charge in [0.1, 0.15) is 5.00 Å². The number of rotatable bonds is 8. The Hall–Kier alpha value is -2.58. The average molecular weight is 433 g/mol. The van der Waals surface area contributed by atoms with Crippen LogP contribution in [0.1, 0.15) is 51.4 Å². The maximum absolute atomic E-state index is 13.1. The van der Waals surface area contributed by atoms with Crippen molar-refractivity contribution in [3.8, 4) is 11.5 Å². The molecule has 0 aliphatic carbocycles. The van der Waals surface area contributed by atoms with E-state index in [1.807, 2.05) is 0 Å². The summed E-state index contributed by atoms with van der Waals surface area (Å²) in [6.07, 6.45) is 1.84. The number of carbonyl (C=O) groups excluding carboxylic acids is 2. The zero-order valence-electron chi connectivity index (χ0n) is 17.9. The number of benzene rings is 1. The quantitative estimate of drug-likeness (QED) is 0.636. The average Bonchev–Trinajstić information content (AvgIpc) is 3.10. The monoisotopic (exact) mass is 432 g/mol. The fourth-order valence-electron chi connectivity index (χ4n) is 3.71. The van der Waals surface area contributed by atoms with Gasteiger partial charge in [0.15, 0.2) is 11.5 Å². The second kappa shape index (κ2) is 9.95. The Morgan fingerprint density at radius 2 is 2.00 bits per heavy atom. The SMILES string of the molecule is CCCN1CCc2c(sc(NC(=O)c3cccc(OC)c3OC)c2C(=O)OCC)C1. The van der Waals surface area contributed by atoms with E-state index < -0.39 is 5.97 Å². The van der Waals surface area contributed by atoms with E-state index in [9.17, 15) is 9.59 Å². The zero-order chi connectivity index (χ0) is 21.7. The second-order valence-electron chi connectivity index (χ2n) is 6.95. The molecule has 0 atom stereocenters. The first kappa shape index (κ1) is 22.1. The summed E-state index contributed by atoms with van der Waals surface area (Å²) in [5, 5.41) is 3.44. The first-order chi connectivity index (χ1) is 14.5. The van der Waals surface area contributed by atoms with Crippen LogP contribution in [0.4, 0.5) is 5.00 Å². The molecule has 0 fully saturated rings. The summed E-state index contributed by atoms with van der Waals surface area (Å²) >= 11 is 1.45. The van der Waals surface area contributed by atoms with Gasteiger partial charge in [0.05, 0.1) is 32.0 Å². The molecule has 3 rings (SSSR count). The van der Waals surface area contributed by atoms with Crippen molar-refractivity contribution in [2.45, 2.75) is 33.2 Å². The molecule has 7 nitrogen and oxygen atoms in total. The standard InChI is InChI=1S/C22H28N2O5S/c1-5-11-24-12-10-14-17(13-24)30-21(18(14)22(26)29-6-2)23-20(25)15-8-7-9-16(27-3)19(15)28-4/h7-9H,5-6,10-13H2,1-4H3,(H,23,25). The number of para-hydroxylation sites is 1. The van der Waals surface area contributed by atoms with Crippen molar-refractivity contribution in [1.29, 1.82) is 0 Å². The molecule has 1 aliphatic heterocycles. The van der Waals surface area contributed by atoms with Gasteiger partial charge in [-0.1, -0.05) is 13.0 Å². The Morgan fingerprint density at radius 3 is 2.67 bits per heavy atom. The largest absolute Gasteiger partial charge is 0.493 e. The van der Waals surface area contributed by atoms with Crippen molar-refractivity contribution in [2.24, 2.45) is 0 Å². The highest BCUT2D eigenvalue weighted by Gasteiger charge is 2.30. The highest BCUT2D eigenvalue weighted by Crippen LogP contribution is 2.39. The Bertz CT molecular complexity index is 924. The van der Waals surface area contributed by atoms with Crippen LogP contribution >= 0.6 is 11.3 Å². The van der Waals surface area contributed by atoms with Crippen LogP contribution in [0.3, 0.4) is 0 Å². The summed E-state index contributed by atoms with van der Waals surface area (Å²) in [5.41, 5.74) is 1.80. The van der Waals surface area contributed by atoms with Crippen LogP contribution in [0.25, 0.3) is 0 Å². The Balaban J connectivity index is 1.96. The fourth-order valence-corrected chi connectivity index (χ4v) is 4.98. The van der Waals surface area contributed by atoms with Gasteiger partial charge in [-0.25, -0.2) is 4.79 Å². The number of carbonyl (C=O) groups is 2. The molecule has 2 heterocycles. The molecule has 0 bridgehead atoms. The number of amides is 1. The lowest BCUT2D eigenvalue weighted by molar-refractivity contribution is 0.0526. The van der Waals surface area contributed by atoms with Gasteiger partial charge in [-0.3, -0.25) is 9.69 Å². The normalized spacial score (nSPS) is 13.5. The Kier molecular flexibility index (Phi) is 7.33. The Morgan fingerprint density at radius 1 is 1.20 bits per heavy atom. The second-order valence-corrected chi connectivity index (χ2v) is 8.05. The molecule has 0 radical (unpaired) electrons. The van der Waals surface area contributed by atoms with Crippen LogP contribution in [0.5, 0.6) is 11.5 Å². The molecule has 0 saturated carbocycles. The van der Waals surface area contributed by atoms with E-state index in [0.717, 1.165) is 42.9 Å². The van der Waals surface area contributed by atoms with Gasteiger partial charge in [-0.15, -0.1) is 11.3 Å². The molecule has 1 aromatic carbocycles. The van der Waals surface area contributed by atoms with Gasteiger partial charge in [-0.2, -0.15) is 0 Å². The molecule has 30 heavy (non-hydrogen) atoms. The molecule has 0 unspecified atom stereocenters. The summed E-state index contributed by atoms with van der Waals surface area (Å²) < 4.78 is 16.0. The van der Waals surface area contributed by atoms with Crippen molar-refractivity contribution in [3.05, 3.63) is 39.8 Å². The molecule has 1 N–H and O–H groups in total. The van der Waals surface area contributed by atoms with E-state index in [4.69, 9.17) is 14.2 Å². The number of thiophene rings is 1. The molecule has 0 saturated heterocycles. The molecular formula is C22H28N2O5S. The fraction of sp³-hybridized carbons (Fsp3) is 0.455. The molecule has 2 aromatic rings. The third-order valence-electron chi connectivity index (χ3n) is 5.03. The van der Waals surface area contributed by atoms with Gasteiger partial charge >= 0.3 is 5.97 Å². The van der Waals surface area contributed by atoms with Crippen molar-refractivity contribution in [2.75, 3.05) is 39.2 Å². The Labute approximate surface area is 180 Å². The third-order valence-corrected chi connectivity index (χ3v) is 6.16. The van der Waals surface area contributed by atoms with Gasteiger partial charge in [0.25, 0.3) is 5.91 Å². The number of ether oxygens (including phenoxy) is 3. The first-order valence-electron chi connectivity index (χ1n) is 10.1. The smallest absolute Gasteiger partial charge is 0.341 e. The van der Waals surface area contributed by atoms with E-state index in [1.54, 1.807) is 25.1 Å². The van der Waals surface area contributed by atoms with Gasteiger partial charge in [0.2, 0.25) is 0 Å². The van der Waals surface area contributed by atoms with Gasteiger partial charge in [-0.05, 0) is 44.0 Å². The van der Waals surface area contributed by atoms with Crippen LogP contribution < -0.4 is 14.8 Å². The van der Waals surface area contributed by atoms with E-state index in [1.165, 1.54) is 25.6 Å². The molecule has 1 amide bonds. The van der Waals surface area contributed by atoms with Crippen LogP contribution in [0.2, 0.25) is 0 Å². The number of hydrogen-bond acceptors (Lipinski definition) is 7. The third kappa shape index (κ3) is 4.44. The maximum Gasteiger partial charge on any atom is 0.341 e. The minimum atomic E-state index is -0.396. The van der Waals surface area contributed by atoms with Crippen LogP contribution in [0, 0.1) is 0 Å². The number of fused-ring (bicyclic) bond motifs is 1. The van der Waals surface area contributed by atoms with Gasteiger partial charge < -0.3 is 19.5 Å². The lowest BCUT2D eigenvalue weighted by Crippen LogP contribution is -2.30. The minimum absolute atomic E-state index is 0.280. The first-order valence-corrected chi connectivity index (χ1v) is 10.9. The highest BCUT2D eigenvalue weighted by molar-refractivity contribution is 7.17. The van der Waals surface area contributed by atoms with E-state index in [0.29, 0.717) is 27.6 Å². The zero-order valence-corrected chi connectivity index (χ0v) is 18.7. The number of nitrogens with zero attached hydrogens (tertiary/aromatic N) is 1. The van der Waals surface area contributed by atoms with E-state index >= 15 is 0 Å². The van der Waals surface area contributed by atoms with Crippen molar-refractivity contribution in [1.82, 2.24) is 4.90 Å². The number of hydrogen-bond donors (Lipinski definition) is 1. The summed E-state index contributed by atoms with van der Waals surface area (Å²) in [4.78, 5) is 29.3. The molecule has 162 valence electrons. The summed E-state index contributed by atoms with van der Waals surface area (Å²) in [7, 11) is 3.01. The van der Waals surface area contributed by atoms with Crippen molar-refractivity contribution >= 4 is 28.2 Å². The predicted molar refractivity (Wildman–Crippen MR) is 117 cm³/mol. The number of methoxy groups -OCH3 is 2. The molecular weight excluding hydrogens is 404 g/mol. The molecule has 0 spiro atoms. The predicted octanol–water partition coefficient (Wildman–Crippen LogP) is 3.96. The summed E-state index contributed by atoms with van der Waals surface area (Å²) in [6, 6.07) is 5.12. The van der Waals surface area contributed by atoms with E-state index in [-0.39, 0.29) is 12.5 Å². The summed E-state index contributed by atoms with van der Waals surface area (Å²) in [6.45, 7) is 6.89. The minimum Gasteiger partial charge on any atom is -0.493 e. The molecule has 1 aromatic heterocycles. The lowest BCUT2D eigenvalue weighted by atomic mass is 10.0. The maximum atomic E-state index is 13.1. The van der Waals surface area contributed by atoms with Crippen molar-refractivity contribution < 1.29 is 23.8 Å². The summed E-state index contributed by atoms with van der Waals surface area (Å²) in [5.74, 6) is 0.0641. The molecule has 8 heteroatoms. The van der Waals surface area contributed by atoms with Crippen LogP contribution in [0.15, 0.2) is 18.2 Å². The van der Waals surface area contributed by atoms with E-state index in [2.05, 4.69) is 17.1 Å². The van der Waals surface area contributed by atoms with Gasteiger partial charge in [0, 0.05) is 18.0 Å². The van der Waals surface area contributed by atoms with Crippen LogP contribution in [-0.2, 0) is 17.7 Å².